The fourth-order valence-electron chi connectivity index (χ4n) is 3.22. The van der Waals surface area contributed by atoms with Crippen molar-refractivity contribution in [1.29, 1.82) is 0 Å². The Kier molecular flexibility index (Phi) is 4.02. The van der Waals surface area contributed by atoms with Crippen molar-refractivity contribution in [2.45, 2.75) is 39.0 Å². The second-order valence-electron chi connectivity index (χ2n) is 6.79. The molecule has 0 unspecified atom stereocenters. The molecule has 0 saturated heterocycles. The Morgan fingerprint density at radius 1 is 1.25 bits per heavy atom. The quantitative estimate of drug-likeness (QED) is 0.822. The van der Waals surface area contributed by atoms with Crippen molar-refractivity contribution in [1.82, 2.24) is 29.3 Å². The maximum Gasteiger partial charge on any atom is 0.226 e. The lowest BCUT2D eigenvalue weighted by atomic mass is 10.3. The maximum atomic E-state index is 12.2. The topological polar surface area (TPSA) is 67.2 Å². The third kappa shape index (κ3) is 3.31. The van der Waals surface area contributed by atoms with Crippen LogP contribution in [0.2, 0.25) is 0 Å². The smallest absolute Gasteiger partial charge is 0.226 e. The van der Waals surface area contributed by atoms with Crippen LogP contribution in [0.4, 0.5) is 0 Å². The van der Waals surface area contributed by atoms with E-state index in [0.29, 0.717) is 12.5 Å². The molecule has 0 atom stereocenters. The van der Waals surface area contributed by atoms with Crippen LogP contribution in [0, 0.1) is 5.92 Å². The van der Waals surface area contributed by atoms with Gasteiger partial charge in [-0.2, -0.15) is 0 Å². The minimum Gasteiger partial charge on any atom is -0.333 e. The van der Waals surface area contributed by atoms with Gasteiger partial charge in [-0.3, -0.25) is 9.69 Å². The standard InChI is InChI=1S/C17H22N6O/c1-21(8-13-6-18-12-19-7-13)9-15-10-22-4-5-23(11-16(22)20-15)17(24)14-2-3-14/h6-7,10,12,14H,2-5,8-9,11H2,1H3. The zero-order valence-electron chi connectivity index (χ0n) is 13.9. The van der Waals surface area contributed by atoms with E-state index < -0.39 is 0 Å². The summed E-state index contributed by atoms with van der Waals surface area (Å²) in [6.07, 6.45) is 9.45. The van der Waals surface area contributed by atoms with E-state index in [1.165, 1.54) is 0 Å². The Morgan fingerprint density at radius 3 is 2.79 bits per heavy atom. The van der Waals surface area contributed by atoms with E-state index in [1.54, 1.807) is 6.33 Å². The molecule has 1 aliphatic carbocycles. The van der Waals surface area contributed by atoms with E-state index >= 15 is 0 Å². The average Bonchev–Trinajstić information content (AvgIpc) is 3.35. The van der Waals surface area contributed by atoms with Crippen molar-refractivity contribution < 1.29 is 4.79 Å². The van der Waals surface area contributed by atoms with Crippen LogP contribution in [0.1, 0.15) is 29.9 Å². The van der Waals surface area contributed by atoms with E-state index in [-0.39, 0.29) is 5.92 Å². The fraction of sp³-hybridized carbons (Fsp3) is 0.529. The van der Waals surface area contributed by atoms with Gasteiger partial charge < -0.3 is 9.47 Å². The average molecular weight is 326 g/mol. The Labute approximate surface area is 141 Å². The molecule has 0 aromatic carbocycles. The molecule has 3 heterocycles. The fourth-order valence-corrected chi connectivity index (χ4v) is 3.22. The summed E-state index contributed by atoms with van der Waals surface area (Å²) >= 11 is 0. The van der Waals surface area contributed by atoms with Crippen molar-refractivity contribution in [3.8, 4) is 0 Å². The molecule has 2 aliphatic rings. The molecular weight excluding hydrogens is 304 g/mol. The summed E-state index contributed by atoms with van der Waals surface area (Å²) in [5.74, 6) is 1.60. The SMILES string of the molecule is CN(Cc1cncnc1)Cc1cn2c(n1)CN(C(=O)C1CC1)CC2. The van der Waals surface area contributed by atoms with Crippen LogP contribution in [-0.2, 0) is 31.0 Å². The van der Waals surface area contributed by atoms with Gasteiger partial charge in [0.05, 0.1) is 12.2 Å². The highest BCUT2D eigenvalue weighted by atomic mass is 16.2. The predicted octanol–water partition coefficient (Wildman–Crippen LogP) is 1.06. The second-order valence-corrected chi connectivity index (χ2v) is 6.79. The first-order valence-electron chi connectivity index (χ1n) is 8.45. The van der Waals surface area contributed by atoms with Crippen molar-refractivity contribution in [2.24, 2.45) is 5.92 Å². The van der Waals surface area contributed by atoms with E-state index in [2.05, 4.69) is 32.7 Å². The summed E-state index contributed by atoms with van der Waals surface area (Å²) in [7, 11) is 2.06. The van der Waals surface area contributed by atoms with Crippen LogP contribution in [0.3, 0.4) is 0 Å². The highest BCUT2D eigenvalue weighted by Crippen LogP contribution is 2.32. The van der Waals surface area contributed by atoms with E-state index in [0.717, 1.165) is 56.1 Å². The number of carbonyl (C=O) groups is 1. The van der Waals surface area contributed by atoms with E-state index in [1.807, 2.05) is 17.3 Å². The zero-order valence-corrected chi connectivity index (χ0v) is 13.9. The molecule has 0 radical (unpaired) electrons. The van der Waals surface area contributed by atoms with Crippen LogP contribution in [-0.4, -0.2) is 48.8 Å². The molecule has 1 amide bonds. The number of nitrogens with zero attached hydrogens (tertiary/aromatic N) is 6. The number of fused-ring (bicyclic) bond motifs is 1. The van der Waals surface area contributed by atoms with Crippen LogP contribution in [0.15, 0.2) is 24.9 Å². The minimum atomic E-state index is 0.283. The first kappa shape index (κ1) is 15.3. The van der Waals surface area contributed by atoms with E-state index in [9.17, 15) is 4.79 Å². The molecule has 1 aliphatic heterocycles. The lowest BCUT2D eigenvalue weighted by Crippen LogP contribution is -2.39. The Morgan fingerprint density at radius 2 is 2.04 bits per heavy atom. The molecule has 7 nitrogen and oxygen atoms in total. The van der Waals surface area contributed by atoms with Gasteiger partial charge >= 0.3 is 0 Å². The molecule has 1 saturated carbocycles. The molecular formula is C17H22N6O. The van der Waals surface area contributed by atoms with Gasteiger partial charge in [0.25, 0.3) is 0 Å². The van der Waals surface area contributed by atoms with Crippen molar-refractivity contribution in [3.63, 3.8) is 0 Å². The number of aromatic nitrogens is 4. The number of hydrogen-bond donors (Lipinski definition) is 0. The first-order chi connectivity index (χ1) is 11.7. The van der Waals surface area contributed by atoms with Gasteiger partial charge in [-0.25, -0.2) is 15.0 Å². The summed E-state index contributed by atoms with van der Waals surface area (Å²) in [6, 6.07) is 0. The highest BCUT2D eigenvalue weighted by molar-refractivity contribution is 5.81. The highest BCUT2D eigenvalue weighted by Gasteiger charge is 2.35. The number of imidazole rings is 1. The molecule has 2 aromatic heterocycles. The molecule has 4 rings (SSSR count). The Bertz CT molecular complexity index is 724. The molecule has 0 spiro atoms. The third-order valence-electron chi connectivity index (χ3n) is 4.59. The molecule has 2 aromatic rings. The van der Waals surface area contributed by atoms with Gasteiger partial charge in [0.2, 0.25) is 5.91 Å². The predicted molar refractivity (Wildman–Crippen MR) is 87.6 cm³/mol. The van der Waals surface area contributed by atoms with Crippen LogP contribution in [0.25, 0.3) is 0 Å². The monoisotopic (exact) mass is 326 g/mol. The van der Waals surface area contributed by atoms with Crippen LogP contribution in [0.5, 0.6) is 0 Å². The van der Waals surface area contributed by atoms with Crippen LogP contribution < -0.4 is 0 Å². The van der Waals surface area contributed by atoms with Crippen LogP contribution >= 0.6 is 0 Å². The van der Waals surface area contributed by atoms with Crippen molar-refractivity contribution >= 4 is 5.91 Å². The molecule has 7 heteroatoms. The lowest BCUT2D eigenvalue weighted by molar-refractivity contribution is -0.134. The van der Waals surface area contributed by atoms with Gasteiger partial charge in [-0.1, -0.05) is 0 Å². The molecule has 126 valence electrons. The maximum absolute atomic E-state index is 12.2. The number of carbonyl (C=O) groups excluding carboxylic acids is 1. The Hall–Kier alpha value is -2.28. The molecule has 24 heavy (non-hydrogen) atoms. The van der Waals surface area contributed by atoms with Gasteiger partial charge in [-0.15, -0.1) is 0 Å². The first-order valence-corrected chi connectivity index (χ1v) is 8.45. The zero-order chi connectivity index (χ0) is 16.5. The third-order valence-corrected chi connectivity index (χ3v) is 4.59. The number of rotatable bonds is 5. The normalized spacial score (nSPS) is 17.2. The van der Waals surface area contributed by atoms with Gasteiger partial charge in [-0.05, 0) is 19.9 Å². The van der Waals surface area contributed by atoms with Gasteiger partial charge in [0, 0.05) is 56.3 Å². The van der Waals surface area contributed by atoms with Crippen molar-refractivity contribution in [2.75, 3.05) is 13.6 Å². The summed E-state index contributed by atoms with van der Waals surface area (Å²) in [5.41, 5.74) is 2.13. The lowest BCUT2D eigenvalue weighted by Gasteiger charge is -2.27. The minimum absolute atomic E-state index is 0.283. The van der Waals surface area contributed by atoms with E-state index in [4.69, 9.17) is 4.98 Å². The second kappa shape index (κ2) is 6.32. The summed E-state index contributed by atoms with van der Waals surface area (Å²) in [4.78, 5) is 29.2. The van der Waals surface area contributed by atoms with Gasteiger partial charge in [0.1, 0.15) is 12.2 Å². The largest absolute Gasteiger partial charge is 0.333 e. The molecule has 0 bridgehead atoms. The number of amides is 1. The summed E-state index contributed by atoms with van der Waals surface area (Å²) < 4.78 is 2.19. The summed E-state index contributed by atoms with van der Waals surface area (Å²) in [6.45, 7) is 3.85. The summed E-state index contributed by atoms with van der Waals surface area (Å²) in [5, 5.41) is 0. The Balaban J connectivity index is 1.38. The molecule has 1 fully saturated rings. The molecule has 0 N–H and O–H groups in total. The number of hydrogen-bond acceptors (Lipinski definition) is 5. The van der Waals surface area contributed by atoms with Crippen molar-refractivity contribution in [3.05, 3.63) is 42.0 Å². The van der Waals surface area contributed by atoms with Gasteiger partial charge in [0.15, 0.2) is 0 Å².